The summed E-state index contributed by atoms with van der Waals surface area (Å²) < 4.78 is 1.88. The third-order valence-electron chi connectivity index (χ3n) is 2.23. The maximum atomic E-state index is 10.7. The van der Waals surface area contributed by atoms with E-state index in [0.717, 1.165) is 22.5 Å². The smallest absolute Gasteiger partial charge is 0.307 e. The Hall–Kier alpha value is -1.84. The Bertz CT molecular complexity index is 529. The van der Waals surface area contributed by atoms with Gasteiger partial charge in [0.05, 0.1) is 12.1 Å². The SMILES string of the molecule is Cc1cc(CC(=O)O)c2nc(C)cn2c1. The van der Waals surface area contributed by atoms with Crippen molar-refractivity contribution >= 4 is 11.6 Å². The summed E-state index contributed by atoms with van der Waals surface area (Å²) in [5.41, 5.74) is 3.43. The Morgan fingerprint density at radius 3 is 2.87 bits per heavy atom. The number of imidazole rings is 1. The number of aryl methyl sites for hydroxylation is 2. The summed E-state index contributed by atoms with van der Waals surface area (Å²) in [6.07, 6.45) is 3.86. The normalized spacial score (nSPS) is 10.8. The summed E-state index contributed by atoms with van der Waals surface area (Å²) in [4.78, 5) is 15.0. The summed E-state index contributed by atoms with van der Waals surface area (Å²) in [6, 6.07) is 1.87. The van der Waals surface area contributed by atoms with Crippen LogP contribution in [0.2, 0.25) is 0 Å². The summed E-state index contributed by atoms with van der Waals surface area (Å²) >= 11 is 0. The third kappa shape index (κ3) is 1.83. The van der Waals surface area contributed by atoms with Crippen molar-refractivity contribution in [2.75, 3.05) is 0 Å². The quantitative estimate of drug-likeness (QED) is 0.808. The molecule has 0 aliphatic rings. The fourth-order valence-electron chi connectivity index (χ4n) is 1.74. The van der Waals surface area contributed by atoms with Crippen molar-refractivity contribution in [3.8, 4) is 0 Å². The monoisotopic (exact) mass is 204 g/mol. The largest absolute Gasteiger partial charge is 0.481 e. The Morgan fingerprint density at radius 1 is 1.47 bits per heavy atom. The number of carboxylic acid groups (broad SMARTS) is 1. The van der Waals surface area contributed by atoms with E-state index in [9.17, 15) is 4.79 Å². The number of pyridine rings is 1. The molecule has 0 fully saturated rings. The van der Waals surface area contributed by atoms with Crippen molar-refractivity contribution in [2.24, 2.45) is 0 Å². The first-order valence-corrected chi connectivity index (χ1v) is 4.73. The zero-order chi connectivity index (χ0) is 11.0. The van der Waals surface area contributed by atoms with Gasteiger partial charge < -0.3 is 9.51 Å². The molecule has 0 saturated carbocycles. The van der Waals surface area contributed by atoms with E-state index >= 15 is 0 Å². The Kier molecular flexibility index (Phi) is 2.19. The topological polar surface area (TPSA) is 54.6 Å². The number of nitrogens with zero attached hydrogens (tertiary/aromatic N) is 2. The number of aromatic nitrogens is 2. The molecule has 4 heteroatoms. The van der Waals surface area contributed by atoms with Gasteiger partial charge in [-0.05, 0) is 19.4 Å². The van der Waals surface area contributed by atoms with E-state index in [-0.39, 0.29) is 6.42 Å². The lowest BCUT2D eigenvalue weighted by atomic mass is 10.1. The number of hydrogen-bond acceptors (Lipinski definition) is 2. The summed E-state index contributed by atoms with van der Waals surface area (Å²) in [5, 5.41) is 8.79. The molecule has 0 bridgehead atoms. The van der Waals surface area contributed by atoms with Crippen molar-refractivity contribution in [2.45, 2.75) is 20.3 Å². The molecule has 0 aromatic carbocycles. The van der Waals surface area contributed by atoms with Gasteiger partial charge in [0.1, 0.15) is 5.65 Å². The second-order valence-electron chi connectivity index (χ2n) is 3.73. The lowest BCUT2D eigenvalue weighted by Gasteiger charge is -2.02. The van der Waals surface area contributed by atoms with Gasteiger partial charge in [0.25, 0.3) is 0 Å². The summed E-state index contributed by atoms with van der Waals surface area (Å²) in [5.74, 6) is -0.830. The van der Waals surface area contributed by atoms with Crippen molar-refractivity contribution in [1.29, 1.82) is 0 Å². The highest BCUT2D eigenvalue weighted by atomic mass is 16.4. The van der Waals surface area contributed by atoms with E-state index in [1.165, 1.54) is 0 Å². The third-order valence-corrected chi connectivity index (χ3v) is 2.23. The molecular weight excluding hydrogens is 192 g/mol. The molecule has 2 heterocycles. The predicted octanol–water partition coefficient (Wildman–Crippen LogP) is 1.58. The van der Waals surface area contributed by atoms with Crippen LogP contribution in [0.5, 0.6) is 0 Å². The zero-order valence-corrected chi connectivity index (χ0v) is 8.69. The average molecular weight is 204 g/mol. The second kappa shape index (κ2) is 3.38. The molecule has 2 rings (SSSR count). The fraction of sp³-hybridized carbons (Fsp3) is 0.273. The predicted molar refractivity (Wildman–Crippen MR) is 56.0 cm³/mol. The van der Waals surface area contributed by atoms with Crippen LogP contribution in [0.1, 0.15) is 16.8 Å². The Labute approximate surface area is 87.2 Å². The van der Waals surface area contributed by atoms with Crippen molar-refractivity contribution < 1.29 is 9.90 Å². The van der Waals surface area contributed by atoms with Crippen LogP contribution in [-0.4, -0.2) is 20.5 Å². The molecule has 0 aliphatic carbocycles. The Morgan fingerprint density at radius 2 is 2.20 bits per heavy atom. The minimum Gasteiger partial charge on any atom is -0.481 e. The minimum atomic E-state index is -0.830. The van der Waals surface area contributed by atoms with Crippen LogP contribution in [0.15, 0.2) is 18.5 Å². The van der Waals surface area contributed by atoms with E-state index in [1.54, 1.807) is 0 Å². The molecule has 78 valence electrons. The van der Waals surface area contributed by atoms with Crippen LogP contribution >= 0.6 is 0 Å². The van der Waals surface area contributed by atoms with Crippen molar-refractivity contribution in [3.63, 3.8) is 0 Å². The van der Waals surface area contributed by atoms with Crippen LogP contribution < -0.4 is 0 Å². The standard InChI is InChI=1S/C11H12N2O2/c1-7-3-9(4-10(14)15)11-12-8(2)6-13(11)5-7/h3,5-6H,4H2,1-2H3,(H,14,15). The van der Waals surface area contributed by atoms with E-state index in [2.05, 4.69) is 4.98 Å². The van der Waals surface area contributed by atoms with Crippen LogP contribution in [0.25, 0.3) is 5.65 Å². The van der Waals surface area contributed by atoms with Crippen molar-refractivity contribution in [1.82, 2.24) is 9.38 Å². The van der Waals surface area contributed by atoms with Crippen LogP contribution in [0, 0.1) is 13.8 Å². The number of carboxylic acids is 1. The highest BCUT2D eigenvalue weighted by Gasteiger charge is 2.08. The number of aliphatic carboxylic acids is 1. The molecule has 0 atom stereocenters. The summed E-state index contributed by atoms with van der Waals surface area (Å²) in [6.45, 7) is 3.84. The van der Waals surface area contributed by atoms with E-state index in [1.807, 2.05) is 36.7 Å². The van der Waals surface area contributed by atoms with Crippen LogP contribution in [-0.2, 0) is 11.2 Å². The van der Waals surface area contributed by atoms with Gasteiger partial charge in [-0.25, -0.2) is 4.98 Å². The van der Waals surface area contributed by atoms with Gasteiger partial charge in [0, 0.05) is 18.0 Å². The molecule has 0 amide bonds. The molecule has 2 aromatic rings. The fourth-order valence-corrected chi connectivity index (χ4v) is 1.74. The Balaban J connectivity index is 2.64. The second-order valence-corrected chi connectivity index (χ2v) is 3.73. The molecule has 0 aliphatic heterocycles. The minimum absolute atomic E-state index is 0.0155. The summed E-state index contributed by atoms with van der Waals surface area (Å²) in [7, 11) is 0. The van der Waals surface area contributed by atoms with Crippen molar-refractivity contribution in [3.05, 3.63) is 35.3 Å². The van der Waals surface area contributed by atoms with Crippen LogP contribution in [0.3, 0.4) is 0 Å². The highest BCUT2D eigenvalue weighted by Crippen LogP contribution is 2.14. The first-order chi connectivity index (χ1) is 7.06. The lowest BCUT2D eigenvalue weighted by Crippen LogP contribution is -2.03. The van der Waals surface area contributed by atoms with Gasteiger partial charge in [-0.2, -0.15) is 0 Å². The van der Waals surface area contributed by atoms with Gasteiger partial charge >= 0.3 is 5.97 Å². The van der Waals surface area contributed by atoms with Gasteiger partial charge in [-0.15, -0.1) is 0 Å². The van der Waals surface area contributed by atoms with Gasteiger partial charge in [0.15, 0.2) is 0 Å². The number of fused-ring (bicyclic) bond motifs is 1. The average Bonchev–Trinajstić information content (AvgIpc) is 2.44. The molecule has 0 unspecified atom stereocenters. The zero-order valence-electron chi connectivity index (χ0n) is 8.69. The van der Waals surface area contributed by atoms with Gasteiger partial charge in [-0.3, -0.25) is 4.79 Å². The highest BCUT2D eigenvalue weighted by molar-refractivity contribution is 5.73. The molecule has 1 N–H and O–H groups in total. The molecule has 4 nitrogen and oxygen atoms in total. The molecular formula is C11H12N2O2. The van der Waals surface area contributed by atoms with Gasteiger partial charge in [-0.1, -0.05) is 6.07 Å². The molecule has 0 radical (unpaired) electrons. The number of rotatable bonds is 2. The first-order valence-electron chi connectivity index (χ1n) is 4.73. The molecule has 0 saturated heterocycles. The van der Waals surface area contributed by atoms with E-state index in [0.29, 0.717) is 0 Å². The molecule has 0 spiro atoms. The van der Waals surface area contributed by atoms with E-state index < -0.39 is 5.97 Å². The van der Waals surface area contributed by atoms with Crippen LogP contribution in [0.4, 0.5) is 0 Å². The number of hydrogen-bond donors (Lipinski definition) is 1. The number of carbonyl (C=O) groups is 1. The van der Waals surface area contributed by atoms with Gasteiger partial charge in [0.2, 0.25) is 0 Å². The molecule has 15 heavy (non-hydrogen) atoms. The lowest BCUT2D eigenvalue weighted by molar-refractivity contribution is -0.136. The first kappa shape index (κ1) is 9.71. The molecule has 2 aromatic heterocycles. The maximum Gasteiger partial charge on any atom is 0.307 e. The van der Waals surface area contributed by atoms with E-state index in [4.69, 9.17) is 5.11 Å². The maximum absolute atomic E-state index is 10.7.